The van der Waals surface area contributed by atoms with Gasteiger partial charge in [0.15, 0.2) is 0 Å². The van der Waals surface area contributed by atoms with Crippen LogP contribution in [0.3, 0.4) is 0 Å². The average molecular weight is 353 g/mol. The molecule has 0 atom stereocenters. The van der Waals surface area contributed by atoms with Crippen LogP contribution in [-0.4, -0.2) is 23.3 Å². The van der Waals surface area contributed by atoms with Gasteiger partial charge in [-0.05, 0) is 50.1 Å². The number of carbonyl (C=O) groups is 2. The molecule has 0 aliphatic carbocycles. The molecule has 26 heavy (non-hydrogen) atoms. The third kappa shape index (κ3) is 3.59. The normalized spacial score (nSPS) is 10.8. The SMILES string of the molecule is Cc1cc(C)c(NC(=O)CNC(=O)c2cc3c(F)cccc3[nH]2)c(C)c1. The molecule has 2 amide bonds. The predicted octanol–water partition coefficient (Wildman–Crippen LogP) is 3.60. The molecular weight excluding hydrogens is 333 g/mol. The lowest BCUT2D eigenvalue weighted by molar-refractivity contribution is -0.115. The third-order valence-corrected chi connectivity index (χ3v) is 4.21. The summed E-state index contributed by atoms with van der Waals surface area (Å²) in [6.45, 7) is 5.67. The summed E-state index contributed by atoms with van der Waals surface area (Å²) in [6, 6.07) is 9.99. The first-order chi connectivity index (χ1) is 12.3. The molecule has 3 N–H and O–H groups in total. The molecule has 1 aromatic heterocycles. The number of fused-ring (bicyclic) bond motifs is 1. The Labute approximate surface area is 150 Å². The second-order valence-corrected chi connectivity index (χ2v) is 6.39. The van der Waals surface area contributed by atoms with Crippen molar-refractivity contribution >= 4 is 28.4 Å². The molecule has 3 aromatic rings. The maximum absolute atomic E-state index is 13.7. The number of aryl methyl sites for hydroxylation is 3. The van der Waals surface area contributed by atoms with Crippen LogP contribution in [0.5, 0.6) is 0 Å². The summed E-state index contributed by atoms with van der Waals surface area (Å²) in [6.07, 6.45) is 0. The number of hydrogen-bond acceptors (Lipinski definition) is 2. The van der Waals surface area contributed by atoms with Crippen LogP contribution in [0, 0.1) is 26.6 Å². The zero-order chi connectivity index (χ0) is 18.8. The van der Waals surface area contributed by atoms with E-state index in [-0.39, 0.29) is 18.1 Å². The van der Waals surface area contributed by atoms with E-state index in [4.69, 9.17) is 0 Å². The van der Waals surface area contributed by atoms with Gasteiger partial charge in [-0.3, -0.25) is 9.59 Å². The molecule has 0 unspecified atom stereocenters. The minimum Gasteiger partial charge on any atom is -0.350 e. The lowest BCUT2D eigenvalue weighted by atomic mass is 10.1. The van der Waals surface area contributed by atoms with Crippen LogP contribution < -0.4 is 10.6 Å². The summed E-state index contributed by atoms with van der Waals surface area (Å²) in [5, 5.41) is 5.71. The number of nitrogens with one attached hydrogen (secondary N) is 3. The summed E-state index contributed by atoms with van der Waals surface area (Å²) < 4.78 is 13.7. The van der Waals surface area contributed by atoms with Crippen LogP contribution in [-0.2, 0) is 4.79 Å². The van der Waals surface area contributed by atoms with Gasteiger partial charge in [-0.15, -0.1) is 0 Å². The summed E-state index contributed by atoms with van der Waals surface area (Å²) in [7, 11) is 0. The van der Waals surface area contributed by atoms with Gasteiger partial charge in [0.05, 0.1) is 6.54 Å². The van der Waals surface area contributed by atoms with Gasteiger partial charge < -0.3 is 15.6 Å². The van der Waals surface area contributed by atoms with E-state index in [2.05, 4.69) is 15.6 Å². The standard InChI is InChI=1S/C20H20FN3O2/c1-11-7-12(2)19(13(3)8-11)24-18(25)10-22-20(26)17-9-14-15(21)5-4-6-16(14)23-17/h4-9,23H,10H2,1-3H3,(H,22,26)(H,24,25). The Morgan fingerprint density at radius 2 is 1.77 bits per heavy atom. The van der Waals surface area contributed by atoms with Crippen LogP contribution in [0.4, 0.5) is 10.1 Å². The van der Waals surface area contributed by atoms with Crippen LogP contribution in [0.2, 0.25) is 0 Å². The number of aromatic nitrogens is 1. The zero-order valence-electron chi connectivity index (χ0n) is 14.9. The number of hydrogen-bond donors (Lipinski definition) is 3. The maximum Gasteiger partial charge on any atom is 0.268 e. The number of halogens is 1. The van der Waals surface area contributed by atoms with E-state index in [0.717, 1.165) is 22.4 Å². The highest BCUT2D eigenvalue weighted by Gasteiger charge is 2.14. The van der Waals surface area contributed by atoms with Crippen LogP contribution in [0.15, 0.2) is 36.4 Å². The van der Waals surface area contributed by atoms with E-state index < -0.39 is 11.7 Å². The number of carbonyl (C=O) groups excluding carboxylic acids is 2. The van der Waals surface area contributed by atoms with Crippen molar-refractivity contribution in [3.8, 4) is 0 Å². The molecule has 5 nitrogen and oxygen atoms in total. The minimum absolute atomic E-state index is 0.177. The largest absolute Gasteiger partial charge is 0.350 e. The summed E-state index contributed by atoms with van der Waals surface area (Å²) in [4.78, 5) is 27.2. The van der Waals surface area contributed by atoms with Gasteiger partial charge in [-0.1, -0.05) is 23.8 Å². The van der Waals surface area contributed by atoms with Crippen molar-refractivity contribution in [2.45, 2.75) is 20.8 Å². The van der Waals surface area contributed by atoms with E-state index in [1.165, 1.54) is 12.1 Å². The van der Waals surface area contributed by atoms with E-state index >= 15 is 0 Å². The Bertz CT molecular complexity index is 984. The van der Waals surface area contributed by atoms with E-state index in [1.807, 2.05) is 32.9 Å². The number of amides is 2. The van der Waals surface area contributed by atoms with Crippen LogP contribution in [0.25, 0.3) is 10.9 Å². The monoisotopic (exact) mass is 353 g/mol. The average Bonchev–Trinajstić information content (AvgIpc) is 3.01. The Hall–Kier alpha value is -3.15. The van der Waals surface area contributed by atoms with Crippen molar-refractivity contribution in [2.75, 3.05) is 11.9 Å². The summed E-state index contributed by atoms with van der Waals surface area (Å²) in [5.74, 6) is -1.19. The molecule has 3 rings (SSSR count). The Kier molecular flexibility index (Phi) is 4.75. The fourth-order valence-corrected chi connectivity index (χ4v) is 3.06. The number of benzene rings is 2. The molecule has 0 spiro atoms. The van der Waals surface area contributed by atoms with Crippen molar-refractivity contribution in [1.82, 2.24) is 10.3 Å². The van der Waals surface area contributed by atoms with E-state index in [0.29, 0.717) is 10.9 Å². The van der Waals surface area contributed by atoms with Gasteiger partial charge in [-0.25, -0.2) is 4.39 Å². The lowest BCUT2D eigenvalue weighted by Gasteiger charge is -2.13. The second kappa shape index (κ2) is 7.00. The van der Waals surface area contributed by atoms with Crippen molar-refractivity contribution in [3.05, 3.63) is 64.6 Å². The molecule has 0 bridgehead atoms. The molecule has 0 radical (unpaired) electrons. The Balaban J connectivity index is 1.65. The summed E-state index contributed by atoms with van der Waals surface area (Å²) >= 11 is 0. The topological polar surface area (TPSA) is 74.0 Å². The van der Waals surface area contributed by atoms with Gasteiger partial charge in [-0.2, -0.15) is 0 Å². The van der Waals surface area contributed by atoms with Gasteiger partial charge in [0, 0.05) is 16.6 Å². The molecule has 0 aliphatic heterocycles. The van der Waals surface area contributed by atoms with Crippen LogP contribution in [0.1, 0.15) is 27.2 Å². The van der Waals surface area contributed by atoms with Crippen molar-refractivity contribution in [1.29, 1.82) is 0 Å². The minimum atomic E-state index is -0.465. The first kappa shape index (κ1) is 17.7. The molecule has 0 aliphatic rings. The molecule has 0 saturated heterocycles. The highest BCUT2D eigenvalue weighted by Crippen LogP contribution is 2.22. The van der Waals surface area contributed by atoms with Crippen molar-refractivity contribution < 1.29 is 14.0 Å². The van der Waals surface area contributed by atoms with E-state index in [1.54, 1.807) is 12.1 Å². The molecule has 0 fully saturated rings. The molecular formula is C20H20FN3O2. The molecule has 2 aromatic carbocycles. The van der Waals surface area contributed by atoms with Gasteiger partial charge in [0.1, 0.15) is 11.5 Å². The van der Waals surface area contributed by atoms with Gasteiger partial charge in [0.25, 0.3) is 5.91 Å². The molecule has 0 saturated carbocycles. The smallest absolute Gasteiger partial charge is 0.268 e. The fraction of sp³-hybridized carbons (Fsp3) is 0.200. The third-order valence-electron chi connectivity index (χ3n) is 4.21. The first-order valence-corrected chi connectivity index (χ1v) is 8.28. The predicted molar refractivity (Wildman–Crippen MR) is 99.9 cm³/mol. The fourth-order valence-electron chi connectivity index (χ4n) is 3.06. The Morgan fingerprint density at radius 1 is 1.08 bits per heavy atom. The van der Waals surface area contributed by atoms with Crippen molar-refractivity contribution in [3.63, 3.8) is 0 Å². The quantitative estimate of drug-likeness (QED) is 0.670. The first-order valence-electron chi connectivity index (χ1n) is 8.28. The molecule has 134 valence electrons. The van der Waals surface area contributed by atoms with Gasteiger partial charge in [0.2, 0.25) is 5.91 Å². The van der Waals surface area contributed by atoms with Crippen molar-refractivity contribution in [2.24, 2.45) is 0 Å². The maximum atomic E-state index is 13.7. The molecule has 1 heterocycles. The second-order valence-electron chi connectivity index (χ2n) is 6.39. The Morgan fingerprint density at radius 3 is 2.42 bits per heavy atom. The number of rotatable bonds is 4. The van der Waals surface area contributed by atoms with Gasteiger partial charge >= 0.3 is 0 Å². The number of aromatic amines is 1. The summed E-state index contributed by atoms with van der Waals surface area (Å²) in [5.41, 5.74) is 4.55. The number of anilines is 1. The lowest BCUT2D eigenvalue weighted by Crippen LogP contribution is -2.33. The highest BCUT2D eigenvalue weighted by atomic mass is 19.1. The highest BCUT2D eigenvalue weighted by molar-refractivity contribution is 6.01. The number of H-pyrrole nitrogens is 1. The van der Waals surface area contributed by atoms with E-state index in [9.17, 15) is 14.0 Å². The van der Waals surface area contributed by atoms with Crippen LogP contribution >= 0.6 is 0 Å². The molecule has 6 heteroatoms. The zero-order valence-corrected chi connectivity index (χ0v) is 14.9.